The van der Waals surface area contributed by atoms with Gasteiger partial charge in [-0.15, -0.1) is 0 Å². The van der Waals surface area contributed by atoms with Crippen molar-refractivity contribution in [1.29, 1.82) is 0 Å². The normalized spacial score (nSPS) is 14.2. The van der Waals surface area contributed by atoms with E-state index in [2.05, 4.69) is 10.4 Å². The molecule has 1 saturated carbocycles. The molecule has 2 aromatic carbocycles. The highest BCUT2D eigenvalue weighted by Crippen LogP contribution is 2.35. The lowest BCUT2D eigenvalue weighted by Gasteiger charge is -2.11. The summed E-state index contributed by atoms with van der Waals surface area (Å²) in [5.41, 5.74) is 2.32. The quantitative estimate of drug-likeness (QED) is 0.518. The van der Waals surface area contributed by atoms with E-state index in [0.29, 0.717) is 22.8 Å². The Morgan fingerprint density at radius 1 is 1.00 bits per heavy atom. The van der Waals surface area contributed by atoms with Crippen molar-refractivity contribution in [2.45, 2.75) is 45.1 Å². The van der Waals surface area contributed by atoms with Gasteiger partial charge in [-0.2, -0.15) is 10.2 Å². The molecular weight excluding hydrogens is 402 g/mol. The first-order valence-corrected chi connectivity index (χ1v) is 11.0. The fraction of sp³-hybridized carbons (Fsp3) is 0.280. The van der Waals surface area contributed by atoms with Crippen LogP contribution in [0.1, 0.15) is 43.0 Å². The molecule has 1 N–H and O–H groups in total. The van der Waals surface area contributed by atoms with Crippen LogP contribution in [0.15, 0.2) is 65.5 Å². The van der Waals surface area contributed by atoms with Crippen LogP contribution in [-0.2, 0) is 11.3 Å². The molecule has 32 heavy (non-hydrogen) atoms. The number of amides is 1. The van der Waals surface area contributed by atoms with Crippen LogP contribution in [0.2, 0.25) is 0 Å². The zero-order valence-electron chi connectivity index (χ0n) is 18.0. The van der Waals surface area contributed by atoms with E-state index in [9.17, 15) is 9.59 Å². The lowest BCUT2D eigenvalue weighted by Crippen LogP contribution is -2.30. The first kappa shape index (κ1) is 20.2. The van der Waals surface area contributed by atoms with Crippen LogP contribution >= 0.6 is 0 Å². The minimum atomic E-state index is -0.315. The Hall–Kier alpha value is -3.74. The highest BCUT2D eigenvalue weighted by molar-refractivity contribution is 5.90. The van der Waals surface area contributed by atoms with Crippen molar-refractivity contribution in [3.8, 4) is 5.69 Å². The van der Waals surface area contributed by atoms with Gasteiger partial charge in [-0.3, -0.25) is 9.59 Å². The van der Waals surface area contributed by atoms with Gasteiger partial charge in [0.2, 0.25) is 5.91 Å². The maximum atomic E-state index is 12.9. The maximum Gasteiger partial charge on any atom is 0.275 e. The number of aryl methyl sites for hydroxylation is 1. The monoisotopic (exact) mass is 427 g/mol. The number of hydrogen-bond acceptors (Lipinski definition) is 4. The largest absolute Gasteiger partial charge is 0.309 e. The Morgan fingerprint density at radius 2 is 1.69 bits per heavy atom. The van der Waals surface area contributed by atoms with E-state index in [4.69, 9.17) is 5.10 Å². The first-order valence-electron chi connectivity index (χ1n) is 11.0. The number of benzene rings is 2. The average molecular weight is 428 g/mol. The molecule has 0 radical (unpaired) electrons. The molecule has 1 aliphatic rings. The van der Waals surface area contributed by atoms with Gasteiger partial charge in [0.15, 0.2) is 0 Å². The Kier molecular flexibility index (Phi) is 5.31. The molecule has 2 aromatic heterocycles. The van der Waals surface area contributed by atoms with Crippen LogP contribution in [0.4, 0.5) is 5.82 Å². The Labute approximate surface area is 185 Å². The number of rotatable bonds is 5. The molecule has 7 nitrogen and oxygen atoms in total. The molecule has 5 rings (SSSR count). The van der Waals surface area contributed by atoms with Crippen LogP contribution in [-0.4, -0.2) is 25.5 Å². The number of para-hydroxylation sites is 1. The van der Waals surface area contributed by atoms with Crippen LogP contribution in [0.5, 0.6) is 0 Å². The van der Waals surface area contributed by atoms with Crippen molar-refractivity contribution in [1.82, 2.24) is 19.6 Å². The molecule has 7 heteroatoms. The van der Waals surface area contributed by atoms with Crippen molar-refractivity contribution in [3.63, 3.8) is 0 Å². The Bertz CT molecular complexity index is 1330. The number of nitrogens with one attached hydrogen (secondary N) is 1. The predicted octanol–water partition coefficient (Wildman–Crippen LogP) is 4.19. The molecule has 1 fully saturated rings. The summed E-state index contributed by atoms with van der Waals surface area (Å²) in [5.74, 6) is 0.709. The third-order valence-electron chi connectivity index (χ3n) is 6.12. The van der Waals surface area contributed by atoms with Crippen molar-refractivity contribution in [3.05, 3.63) is 82.4 Å². The van der Waals surface area contributed by atoms with E-state index in [1.165, 1.54) is 17.5 Å². The second-order valence-corrected chi connectivity index (χ2v) is 8.33. The van der Waals surface area contributed by atoms with Gasteiger partial charge in [-0.1, -0.05) is 49.2 Å². The van der Waals surface area contributed by atoms with Crippen LogP contribution in [0.3, 0.4) is 0 Å². The topological polar surface area (TPSA) is 81.8 Å². The number of hydrogen-bond donors (Lipinski definition) is 1. The molecular formula is C25H25N5O2. The van der Waals surface area contributed by atoms with E-state index in [1.807, 2.05) is 61.5 Å². The number of nitrogens with zero attached hydrogens (tertiary/aromatic N) is 4. The highest BCUT2D eigenvalue weighted by Gasteiger charge is 2.23. The number of fused-ring (bicyclic) bond motifs is 1. The number of aromatic nitrogens is 4. The van der Waals surface area contributed by atoms with Gasteiger partial charge in [0.05, 0.1) is 22.5 Å². The van der Waals surface area contributed by atoms with Crippen molar-refractivity contribution >= 4 is 22.5 Å². The average Bonchev–Trinajstić information content (AvgIpc) is 3.48. The van der Waals surface area contributed by atoms with Gasteiger partial charge in [0, 0.05) is 17.4 Å². The molecule has 0 atom stereocenters. The second-order valence-electron chi connectivity index (χ2n) is 8.33. The third-order valence-corrected chi connectivity index (χ3v) is 6.12. The molecule has 0 aliphatic heterocycles. The van der Waals surface area contributed by atoms with E-state index in [0.717, 1.165) is 29.6 Å². The van der Waals surface area contributed by atoms with Crippen molar-refractivity contribution in [2.75, 3.05) is 5.32 Å². The van der Waals surface area contributed by atoms with E-state index < -0.39 is 0 Å². The summed E-state index contributed by atoms with van der Waals surface area (Å²) in [4.78, 5) is 25.8. The zero-order valence-corrected chi connectivity index (χ0v) is 18.0. The summed E-state index contributed by atoms with van der Waals surface area (Å²) >= 11 is 0. The molecule has 1 amide bonds. The molecule has 0 spiro atoms. The van der Waals surface area contributed by atoms with Gasteiger partial charge < -0.3 is 5.32 Å². The summed E-state index contributed by atoms with van der Waals surface area (Å²) < 4.78 is 3.00. The number of carbonyl (C=O) groups excluding carboxylic acids is 1. The molecule has 0 saturated heterocycles. The van der Waals surface area contributed by atoms with E-state index >= 15 is 0 Å². The molecule has 2 heterocycles. The van der Waals surface area contributed by atoms with Crippen LogP contribution < -0.4 is 10.9 Å². The molecule has 1 aliphatic carbocycles. The summed E-state index contributed by atoms with van der Waals surface area (Å²) in [7, 11) is 0. The SMILES string of the molecule is Cc1nn(CC(=O)Nc2cc(C3CCCC3)nn2-c2ccccc2)c(=O)c2ccccc12. The summed E-state index contributed by atoms with van der Waals surface area (Å²) in [6, 6.07) is 19.0. The van der Waals surface area contributed by atoms with Crippen LogP contribution in [0.25, 0.3) is 16.5 Å². The fourth-order valence-corrected chi connectivity index (χ4v) is 4.51. The minimum absolute atomic E-state index is 0.163. The number of anilines is 1. The standard InChI is InChI=1S/C25H25N5O2/c1-17-20-13-7-8-14-21(20)25(32)29(27-17)16-24(31)26-23-15-22(18-9-5-6-10-18)28-30(23)19-11-3-2-4-12-19/h2-4,7-8,11-15,18H,5-6,9-10,16H2,1H3,(H,26,31). The fourth-order valence-electron chi connectivity index (χ4n) is 4.51. The lowest BCUT2D eigenvalue weighted by atomic mass is 10.0. The lowest BCUT2D eigenvalue weighted by molar-refractivity contribution is -0.117. The zero-order chi connectivity index (χ0) is 22.1. The van der Waals surface area contributed by atoms with Gasteiger partial charge in [0.1, 0.15) is 12.4 Å². The van der Waals surface area contributed by atoms with E-state index in [-0.39, 0.29) is 18.0 Å². The van der Waals surface area contributed by atoms with Crippen molar-refractivity contribution < 1.29 is 4.79 Å². The number of carbonyl (C=O) groups is 1. The van der Waals surface area contributed by atoms with Gasteiger partial charge >= 0.3 is 0 Å². The molecule has 162 valence electrons. The Balaban J connectivity index is 1.45. The molecule has 0 unspecified atom stereocenters. The third kappa shape index (κ3) is 3.82. The maximum absolute atomic E-state index is 12.9. The Morgan fingerprint density at radius 3 is 2.44 bits per heavy atom. The molecule has 0 bridgehead atoms. The first-order chi connectivity index (χ1) is 15.6. The van der Waals surface area contributed by atoms with Gasteiger partial charge in [-0.05, 0) is 38.0 Å². The summed E-state index contributed by atoms with van der Waals surface area (Å²) in [5, 5.41) is 13.5. The van der Waals surface area contributed by atoms with Gasteiger partial charge in [-0.25, -0.2) is 9.36 Å². The van der Waals surface area contributed by atoms with Crippen LogP contribution in [0, 0.1) is 6.92 Å². The van der Waals surface area contributed by atoms with Crippen molar-refractivity contribution in [2.24, 2.45) is 0 Å². The molecule has 4 aromatic rings. The predicted molar refractivity (Wildman–Crippen MR) is 124 cm³/mol. The van der Waals surface area contributed by atoms with Gasteiger partial charge in [0.25, 0.3) is 5.56 Å². The smallest absolute Gasteiger partial charge is 0.275 e. The highest BCUT2D eigenvalue weighted by atomic mass is 16.2. The minimum Gasteiger partial charge on any atom is -0.309 e. The van der Waals surface area contributed by atoms with E-state index in [1.54, 1.807) is 10.7 Å². The summed E-state index contributed by atoms with van der Waals surface area (Å²) in [6.07, 6.45) is 4.66. The second kappa shape index (κ2) is 8.42. The summed E-state index contributed by atoms with van der Waals surface area (Å²) in [6.45, 7) is 1.68.